The number of nitrogens with one attached hydrogen (secondary N) is 4. The van der Waals surface area contributed by atoms with Crippen LogP contribution in [-0.2, 0) is 6.18 Å². The highest BCUT2D eigenvalue weighted by Crippen LogP contribution is 2.30. The molecule has 0 aliphatic carbocycles. The molecule has 1 aromatic heterocycles. The number of hydrogen-bond acceptors (Lipinski definition) is 5. The number of carbonyl (C=O) groups excluding carboxylic acids is 3. The zero-order chi connectivity index (χ0) is 29.2. The molecule has 0 aliphatic rings. The van der Waals surface area contributed by atoms with E-state index >= 15 is 0 Å². The third kappa shape index (κ3) is 7.14. The van der Waals surface area contributed by atoms with Crippen molar-refractivity contribution in [1.29, 1.82) is 0 Å². The van der Waals surface area contributed by atoms with Crippen molar-refractivity contribution in [2.24, 2.45) is 0 Å². The number of urea groups is 1. The summed E-state index contributed by atoms with van der Waals surface area (Å²) in [6.45, 7) is 7.34. The summed E-state index contributed by atoms with van der Waals surface area (Å²) in [5.41, 5.74) is 0.892. The summed E-state index contributed by atoms with van der Waals surface area (Å²) in [5.74, 6) is -1.14. The average molecular weight is 570 g/mol. The molecule has 0 unspecified atom stereocenters. The predicted octanol–water partition coefficient (Wildman–Crippen LogP) is 7.05. The Morgan fingerprint density at radius 3 is 2.23 bits per heavy atom. The first-order valence-corrected chi connectivity index (χ1v) is 12.9. The van der Waals surface area contributed by atoms with Crippen molar-refractivity contribution in [1.82, 2.24) is 10.3 Å². The van der Waals surface area contributed by atoms with E-state index in [4.69, 9.17) is 0 Å². The highest BCUT2D eigenvalue weighted by Gasteiger charge is 2.31. The third-order valence-electron chi connectivity index (χ3n) is 5.56. The Morgan fingerprint density at radius 1 is 0.825 bits per heavy atom. The number of aryl methyl sites for hydroxylation is 1. The van der Waals surface area contributed by atoms with Crippen molar-refractivity contribution >= 4 is 55.9 Å². The van der Waals surface area contributed by atoms with Crippen LogP contribution in [0.4, 0.5) is 34.5 Å². The van der Waals surface area contributed by atoms with Crippen LogP contribution in [0.3, 0.4) is 0 Å². The second-order valence-electron chi connectivity index (χ2n) is 10.0. The van der Waals surface area contributed by atoms with Gasteiger partial charge in [0.25, 0.3) is 11.8 Å². The molecule has 4 aromatic rings. The summed E-state index contributed by atoms with van der Waals surface area (Å²) in [6.07, 6.45) is -4.57. The van der Waals surface area contributed by atoms with Crippen LogP contribution in [0, 0.1) is 6.92 Å². The van der Waals surface area contributed by atoms with E-state index < -0.39 is 29.1 Å². The number of rotatable bonds is 5. The molecular formula is C28H26F3N5O3S. The van der Waals surface area contributed by atoms with Gasteiger partial charge in [0.2, 0.25) is 0 Å². The van der Waals surface area contributed by atoms with E-state index in [9.17, 15) is 27.6 Å². The van der Waals surface area contributed by atoms with Crippen LogP contribution < -0.4 is 21.3 Å². The molecule has 0 spiro atoms. The summed E-state index contributed by atoms with van der Waals surface area (Å²) in [7, 11) is 0. The highest BCUT2D eigenvalue weighted by molar-refractivity contribution is 7.22. The Labute approximate surface area is 232 Å². The number of nitrogens with zero attached hydrogens (tertiary/aromatic N) is 1. The smallest absolute Gasteiger partial charge is 0.333 e. The van der Waals surface area contributed by atoms with E-state index in [1.165, 1.54) is 23.5 Å². The lowest BCUT2D eigenvalue weighted by Gasteiger charge is -2.19. The number of hydrogen-bond donors (Lipinski definition) is 4. The van der Waals surface area contributed by atoms with Gasteiger partial charge in [-0.25, -0.2) is 9.78 Å². The molecule has 12 heteroatoms. The largest absolute Gasteiger partial charge is 0.416 e. The fourth-order valence-corrected chi connectivity index (χ4v) is 4.56. The third-order valence-corrected chi connectivity index (χ3v) is 6.49. The summed E-state index contributed by atoms with van der Waals surface area (Å²) in [5, 5.41) is 11.2. The molecule has 0 bridgehead atoms. The van der Waals surface area contributed by atoms with Crippen LogP contribution in [0.5, 0.6) is 0 Å². The standard InChI is InChI=1S/C28H26F3N5O3S/c1-15-8-10-19(32-23(37)16-6-5-7-18(12-16)28(29,30)31)14-21(15)33-24(38)17-9-11-20-22(13-17)40-26(34-20)35-25(39)36-27(2,3)4/h5-14H,1-4H3,(H,32,37)(H,33,38)(H2,34,35,36,39). The number of anilines is 3. The van der Waals surface area contributed by atoms with Crippen molar-refractivity contribution in [3.05, 3.63) is 82.9 Å². The molecule has 0 aliphatic heterocycles. The molecule has 0 saturated carbocycles. The first-order valence-electron chi connectivity index (χ1n) is 12.1. The summed E-state index contributed by atoms with van der Waals surface area (Å²) in [6, 6.07) is 13.4. The van der Waals surface area contributed by atoms with Gasteiger partial charge in [-0.15, -0.1) is 0 Å². The molecule has 0 atom stereocenters. The molecular weight excluding hydrogens is 543 g/mol. The molecule has 208 valence electrons. The Bertz CT molecular complexity index is 1610. The Hall–Kier alpha value is -4.45. The quantitative estimate of drug-likeness (QED) is 0.206. The van der Waals surface area contributed by atoms with Crippen molar-refractivity contribution in [3.63, 3.8) is 0 Å². The number of benzene rings is 3. The normalized spacial score (nSPS) is 11.7. The highest BCUT2D eigenvalue weighted by atomic mass is 32.1. The Kier molecular flexibility index (Phi) is 7.83. The molecule has 0 fully saturated rings. The lowest BCUT2D eigenvalue weighted by molar-refractivity contribution is -0.137. The van der Waals surface area contributed by atoms with E-state index in [0.717, 1.165) is 18.2 Å². The second-order valence-corrected chi connectivity index (χ2v) is 11.1. The van der Waals surface area contributed by atoms with Gasteiger partial charge in [0, 0.05) is 28.0 Å². The van der Waals surface area contributed by atoms with Crippen molar-refractivity contribution in [3.8, 4) is 0 Å². The van der Waals surface area contributed by atoms with Crippen molar-refractivity contribution < 1.29 is 27.6 Å². The molecule has 4 rings (SSSR count). The molecule has 4 amide bonds. The maximum absolute atomic E-state index is 13.0. The van der Waals surface area contributed by atoms with Gasteiger partial charge in [0.15, 0.2) is 5.13 Å². The number of amides is 4. The van der Waals surface area contributed by atoms with Crippen LogP contribution >= 0.6 is 11.3 Å². The lowest BCUT2D eigenvalue weighted by Crippen LogP contribution is -2.43. The minimum Gasteiger partial charge on any atom is -0.333 e. The number of fused-ring (bicyclic) bond motifs is 1. The Balaban J connectivity index is 1.47. The van der Waals surface area contributed by atoms with E-state index in [1.54, 1.807) is 37.3 Å². The van der Waals surface area contributed by atoms with E-state index in [2.05, 4.69) is 26.3 Å². The molecule has 4 N–H and O–H groups in total. The van der Waals surface area contributed by atoms with Gasteiger partial charge >= 0.3 is 12.2 Å². The predicted molar refractivity (Wildman–Crippen MR) is 150 cm³/mol. The minimum atomic E-state index is -4.57. The average Bonchev–Trinajstić information content (AvgIpc) is 3.25. The maximum atomic E-state index is 13.0. The van der Waals surface area contributed by atoms with Crippen molar-refractivity contribution in [2.45, 2.75) is 39.4 Å². The van der Waals surface area contributed by atoms with E-state index in [1.807, 2.05) is 20.8 Å². The van der Waals surface area contributed by atoms with E-state index in [0.29, 0.717) is 37.8 Å². The molecule has 0 saturated heterocycles. The van der Waals surface area contributed by atoms with Crippen LogP contribution in [-0.4, -0.2) is 28.4 Å². The van der Waals surface area contributed by atoms with Crippen LogP contribution in [0.1, 0.15) is 52.6 Å². The molecule has 3 aromatic carbocycles. The zero-order valence-corrected chi connectivity index (χ0v) is 22.8. The summed E-state index contributed by atoms with van der Waals surface area (Å²) < 4.78 is 39.7. The van der Waals surface area contributed by atoms with Crippen LogP contribution in [0.15, 0.2) is 60.7 Å². The number of alkyl halides is 3. The fourth-order valence-electron chi connectivity index (χ4n) is 3.66. The van der Waals surface area contributed by atoms with Crippen molar-refractivity contribution in [2.75, 3.05) is 16.0 Å². The van der Waals surface area contributed by atoms with Gasteiger partial charge < -0.3 is 16.0 Å². The van der Waals surface area contributed by atoms with Gasteiger partial charge in [-0.2, -0.15) is 13.2 Å². The van der Waals surface area contributed by atoms with E-state index in [-0.39, 0.29) is 11.6 Å². The zero-order valence-electron chi connectivity index (χ0n) is 22.0. The molecule has 8 nitrogen and oxygen atoms in total. The fraction of sp³-hybridized carbons (Fsp3) is 0.214. The van der Waals surface area contributed by atoms with Gasteiger partial charge in [0.1, 0.15) is 0 Å². The van der Waals surface area contributed by atoms with Gasteiger partial charge in [-0.3, -0.25) is 14.9 Å². The van der Waals surface area contributed by atoms with Gasteiger partial charge in [-0.05, 0) is 81.8 Å². The number of halogens is 3. The topological polar surface area (TPSA) is 112 Å². The Morgan fingerprint density at radius 2 is 1.52 bits per heavy atom. The minimum absolute atomic E-state index is 0.149. The monoisotopic (exact) mass is 569 g/mol. The number of aromatic nitrogens is 1. The number of carbonyl (C=O) groups is 3. The van der Waals surface area contributed by atoms with Crippen LogP contribution in [0.25, 0.3) is 10.2 Å². The second kappa shape index (κ2) is 11.0. The summed E-state index contributed by atoms with van der Waals surface area (Å²) >= 11 is 1.22. The van der Waals surface area contributed by atoms with Crippen LogP contribution in [0.2, 0.25) is 0 Å². The lowest BCUT2D eigenvalue weighted by atomic mass is 10.1. The molecule has 1 heterocycles. The first kappa shape index (κ1) is 28.6. The molecule has 40 heavy (non-hydrogen) atoms. The molecule has 0 radical (unpaired) electrons. The van der Waals surface area contributed by atoms with Gasteiger partial charge in [0.05, 0.1) is 15.8 Å². The number of thiazole rings is 1. The summed E-state index contributed by atoms with van der Waals surface area (Å²) in [4.78, 5) is 42.2. The van der Waals surface area contributed by atoms with Gasteiger partial charge in [-0.1, -0.05) is 23.5 Å². The maximum Gasteiger partial charge on any atom is 0.416 e. The SMILES string of the molecule is Cc1ccc(NC(=O)c2cccc(C(F)(F)F)c2)cc1NC(=O)c1ccc2nc(NC(=O)NC(C)(C)C)sc2c1. The first-order chi connectivity index (χ1) is 18.7.